The normalized spacial score (nSPS) is 14.8. The zero-order valence-corrected chi connectivity index (χ0v) is 17.0. The summed E-state index contributed by atoms with van der Waals surface area (Å²) in [6.45, 7) is 1.30. The van der Waals surface area contributed by atoms with Gasteiger partial charge in [0, 0.05) is 31.3 Å². The summed E-state index contributed by atoms with van der Waals surface area (Å²) in [6, 6.07) is 11.5. The minimum Gasteiger partial charge on any atom is -0.463 e. The Labute approximate surface area is 182 Å². The second kappa shape index (κ2) is 8.22. The molecule has 10 nitrogen and oxygen atoms in total. The number of furan rings is 1. The molecule has 1 aromatic carbocycles. The first-order valence-electron chi connectivity index (χ1n) is 10.2. The molecular weight excluding hydrogens is 416 g/mol. The van der Waals surface area contributed by atoms with Crippen LogP contribution in [0, 0.1) is 5.92 Å². The number of carbonyl (C=O) groups excluding carboxylic acids is 2. The summed E-state index contributed by atoms with van der Waals surface area (Å²) in [4.78, 5) is 38.7. The molecule has 32 heavy (non-hydrogen) atoms. The van der Waals surface area contributed by atoms with E-state index in [2.05, 4.69) is 10.4 Å². The Morgan fingerprint density at radius 2 is 1.94 bits per heavy atom. The molecule has 164 valence electrons. The molecule has 0 unspecified atom stereocenters. The largest absolute Gasteiger partial charge is 0.463 e. The zero-order chi connectivity index (χ0) is 22.1. The third kappa shape index (κ3) is 3.82. The van der Waals surface area contributed by atoms with Gasteiger partial charge in [-0.15, -0.1) is 0 Å². The number of nitrogens with zero attached hydrogens (tertiary/aromatic N) is 3. The van der Waals surface area contributed by atoms with Crippen molar-refractivity contribution in [3.05, 3.63) is 64.6 Å². The van der Waals surface area contributed by atoms with Crippen molar-refractivity contribution in [1.29, 1.82) is 0 Å². The number of aromatic nitrogens is 2. The zero-order valence-electron chi connectivity index (χ0n) is 17.0. The number of benzene rings is 1. The van der Waals surface area contributed by atoms with Gasteiger partial charge in [-0.05, 0) is 36.4 Å². The molecule has 10 heteroatoms. The SMILES string of the molecule is O=C(NCCn1nc(-c2ccco2)ccc1=O)C1CN(C(=O)c2ccc3c(c2)OCO3)C1. The van der Waals surface area contributed by atoms with Crippen LogP contribution in [0.1, 0.15) is 10.4 Å². The molecule has 5 rings (SSSR count). The highest BCUT2D eigenvalue weighted by molar-refractivity contribution is 5.96. The Morgan fingerprint density at radius 1 is 1.09 bits per heavy atom. The van der Waals surface area contributed by atoms with Crippen LogP contribution in [0.15, 0.2) is 57.9 Å². The van der Waals surface area contributed by atoms with Crippen molar-refractivity contribution >= 4 is 11.8 Å². The van der Waals surface area contributed by atoms with Crippen LogP contribution in [0.3, 0.4) is 0 Å². The van der Waals surface area contributed by atoms with Gasteiger partial charge < -0.3 is 24.1 Å². The molecule has 0 aliphatic carbocycles. The first-order chi connectivity index (χ1) is 15.6. The minimum atomic E-state index is -0.285. The quantitative estimate of drug-likeness (QED) is 0.616. The molecular formula is C22H20N4O6. The summed E-state index contributed by atoms with van der Waals surface area (Å²) < 4.78 is 17.1. The van der Waals surface area contributed by atoms with E-state index in [0.717, 1.165) is 0 Å². The van der Waals surface area contributed by atoms with Crippen molar-refractivity contribution in [3.63, 3.8) is 0 Å². The van der Waals surface area contributed by atoms with Gasteiger partial charge in [-0.1, -0.05) is 0 Å². The maximum atomic E-state index is 12.6. The molecule has 0 spiro atoms. The lowest BCUT2D eigenvalue weighted by Crippen LogP contribution is -2.56. The van der Waals surface area contributed by atoms with Crippen molar-refractivity contribution in [2.75, 3.05) is 26.4 Å². The van der Waals surface area contributed by atoms with Crippen LogP contribution in [0.4, 0.5) is 0 Å². The van der Waals surface area contributed by atoms with Gasteiger partial charge in [0.2, 0.25) is 12.7 Å². The third-order valence-electron chi connectivity index (χ3n) is 5.42. The molecule has 1 fully saturated rings. The Balaban J connectivity index is 1.11. The highest BCUT2D eigenvalue weighted by Gasteiger charge is 2.36. The smallest absolute Gasteiger partial charge is 0.266 e. The van der Waals surface area contributed by atoms with E-state index < -0.39 is 0 Å². The lowest BCUT2D eigenvalue weighted by Gasteiger charge is -2.38. The summed E-state index contributed by atoms with van der Waals surface area (Å²) in [6.07, 6.45) is 1.53. The summed E-state index contributed by atoms with van der Waals surface area (Å²) in [7, 11) is 0. The average Bonchev–Trinajstić information content (AvgIpc) is 3.45. The molecule has 4 heterocycles. The van der Waals surface area contributed by atoms with Crippen molar-refractivity contribution in [2.45, 2.75) is 6.54 Å². The third-order valence-corrected chi connectivity index (χ3v) is 5.42. The van der Waals surface area contributed by atoms with Gasteiger partial charge in [0.25, 0.3) is 11.5 Å². The number of carbonyl (C=O) groups is 2. The topological polar surface area (TPSA) is 116 Å². The summed E-state index contributed by atoms with van der Waals surface area (Å²) in [5.41, 5.74) is 0.770. The Bertz CT molecular complexity index is 1210. The van der Waals surface area contributed by atoms with Crippen molar-refractivity contribution in [3.8, 4) is 23.0 Å². The highest BCUT2D eigenvalue weighted by atomic mass is 16.7. The first-order valence-corrected chi connectivity index (χ1v) is 10.2. The van der Waals surface area contributed by atoms with E-state index in [0.29, 0.717) is 41.6 Å². The van der Waals surface area contributed by atoms with Gasteiger partial charge in [0.05, 0.1) is 18.7 Å². The molecule has 1 N–H and O–H groups in total. The van der Waals surface area contributed by atoms with E-state index in [1.807, 2.05) is 0 Å². The molecule has 0 saturated carbocycles. The van der Waals surface area contributed by atoms with Crippen LogP contribution in [0.2, 0.25) is 0 Å². The number of likely N-dealkylation sites (tertiary alicyclic amines) is 1. The van der Waals surface area contributed by atoms with Crippen LogP contribution in [0.25, 0.3) is 11.5 Å². The molecule has 2 aliphatic heterocycles. The van der Waals surface area contributed by atoms with Crippen LogP contribution in [0.5, 0.6) is 11.5 Å². The van der Waals surface area contributed by atoms with Crippen LogP contribution >= 0.6 is 0 Å². The molecule has 2 amide bonds. The van der Waals surface area contributed by atoms with Crippen LogP contribution < -0.4 is 20.3 Å². The fraction of sp³-hybridized carbons (Fsp3) is 0.273. The van der Waals surface area contributed by atoms with E-state index in [1.54, 1.807) is 41.3 Å². The van der Waals surface area contributed by atoms with Crippen molar-refractivity contribution < 1.29 is 23.5 Å². The first kappa shape index (κ1) is 19.9. The number of nitrogens with one attached hydrogen (secondary N) is 1. The summed E-state index contributed by atoms with van der Waals surface area (Å²) in [5.74, 6) is 1.13. The minimum absolute atomic E-state index is 0.147. The van der Waals surface area contributed by atoms with Gasteiger partial charge in [0.15, 0.2) is 17.3 Å². The highest BCUT2D eigenvalue weighted by Crippen LogP contribution is 2.33. The number of amides is 2. The van der Waals surface area contributed by atoms with E-state index in [4.69, 9.17) is 13.9 Å². The van der Waals surface area contributed by atoms with E-state index >= 15 is 0 Å². The fourth-order valence-electron chi connectivity index (χ4n) is 3.62. The maximum Gasteiger partial charge on any atom is 0.266 e. The second-order valence-electron chi connectivity index (χ2n) is 7.52. The lowest BCUT2D eigenvalue weighted by atomic mass is 9.97. The molecule has 2 aromatic heterocycles. The monoisotopic (exact) mass is 436 g/mol. The van der Waals surface area contributed by atoms with E-state index in [-0.39, 0.29) is 43.2 Å². The second-order valence-corrected chi connectivity index (χ2v) is 7.52. The van der Waals surface area contributed by atoms with Crippen LogP contribution in [-0.2, 0) is 11.3 Å². The van der Waals surface area contributed by atoms with Gasteiger partial charge in [-0.3, -0.25) is 14.4 Å². The van der Waals surface area contributed by atoms with E-state index in [1.165, 1.54) is 17.0 Å². The molecule has 0 atom stereocenters. The standard InChI is InChI=1S/C22H20N4O6/c27-20-6-4-16(17-2-1-9-30-17)24-26(20)8-7-23-21(28)15-11-25(12-15)22(29)14-3-5-18-19(10-14)32-13-31-18/h1-6,9-10,15H,7-8,11-13H2,(H,23,28). The molecule has 1 saturated heterocycles. The lowest BCUT2D eigenvalue weighted by molar-refractivity contribution is -0.129. The maximum absolute atomic E-state index is 12.6. The number of fused-ring (bicyclic) bond motifs is 1. The summed E-state index contributed by atoms with van der Waals surface area (Å²) in [5, 5.41) is 7.08. The Morgan fingerprint density at radius 3 is 2.75 bits per heavy atom. The van der Waals surface area contributed by atoms with Gasteiger partial charge in [-0.25, -0.2) is 4.68 Å². The molecule has 0 radical (unpaired) electrons. The van der Waals surface area contributed by atoms with Gasteiger partial charge in [0.1, 0.15) is 5.69 Å². The predicted octanol–water partition coefficient (Wildman–Crippen LogP) is 1.12. The Kier molecular flexibility index (Phi) is 5.10. The molecule has 2 aliphatic rings. The summed E-state index contributed by atoms with van der Waals surface area (Å²) >= 11 is 0. The molecule has 3 aromatic rings. The number of hydrogen-bond acceptors (Lipinski definition) is 7. The Hall–Kier alpha value is -4.08. The van der Waals surface area contributed by atoms with Gasteiger partial charge in [-0.2, -0.15) is 5.10 Å². The molecule has 0 bridgehead atoms. The fourth-order valence-corrected chi connectivity index (χ4v) is 3.62. The van der Waals surface area contributed by atoms with Crippen molar-refractivity contribution in [2.24, 2.45) is 5.92 Å². The number of hydrogen-bond donors (Lipinski definition) is 1. The average molecular weight is 436 g/mol. The number of ether oxygens (including phenoxy) is 2. The van der Waals surface area contributed by atoms with Crippen molar-refractivity contribution in [1.82, 2.24) is 20.0 Å². The van der Waals surface area contributed by atoms with Gasteiger partial charge >= 0.3 is 0 Å². The number of rotatable bonds is 6. The predicted molar refractivity (Wildman–Crippen MR) is 111 cm³/mol. The van der Waals surface area contributed by atoms with Crippen LogP contribution in [-0.4, -0.2) is 52.9 Å². The van der Waals surface area contributed by atoms with E-state index in [9.17, 15) is 14.4 Å².